The highest BCUT2D eigenvalue weighted by molar-refractivity contribution is 7.18. The van der Waals surface area contributed by atoms with E-state index in [1.54, 1.807) is 18.3 Å². The lowest BCUT2D eigenvalue weighted by molar-refractivity contribution is -0.152. The Labute approximate surface area is 132 Å². The highest BCUT2D eigenvalue weighted by Gasteiger charge is 2.25. The molecule has 0 amide bonds. The summed E-state index contributed by atoms with van der Waals surface area (Å²) in [5, 5.41) is 0.697. The molecule has 2 aromatic heterocycles. The summed E-state index contributed by atoms with van der Waals surface area (Å²) in [5.41, 5.74) is 1.01. The molecule has 1 aliphatic carbocycles. The van der Waals surface area contributed by atoms with Gasteiger partial charge in [-0.3, -0.25) is 9.36 Å². The molecule has 0 unspecified atom stereocenters. The predicted octanol–water partition coefficient (Wildman–Crippen LogP) is 2.85. The fraction of sp³-hybridized carbons (Fsp3) is 0.562. The summed E-state index contributed by atoms with van der Waals surface area (Å²) in [7, 11) is 0. The van der Waals surface area contributed by atoms with Gasteiger partial charge in [-0.05, 0) is 45.1 Å². The van der Waals surface area contributed by atoms with Crippen molar-refractivity contribution in [2.75, 3.05) is 0 Å². The Morgan fingerprint density at radius 2 is 2.23 bits per heavy atom. The van der Waals surface area contributed by atoms with Gasteiger partial charge in [0.2, 0.25) is 0 Å². The van der Waals surface area contributed by atoms with Crippen LogP contribution >= 0.6 is 11.3 Å². The lowest BCUT2D eigenvalue weighted by Crippen LogP contribution is -2.31. The van der Waals surface area contributed by atoms with Crippen LogP contribution in [0.5, 0.6) is 0 Å². The van der Waals surface area contributed by atoms with Gasteiger partial charge in [0.15, 0.2) is 0 Å². The van der Waals surface area contributed by atoms with Gasteiger partial charge in [-0.15, -0.1) is 11.3 Å². The molecule has 6 heteroatoms. The second kappa shape index (κ2) is 5.83. The first kappa shape index (κ1) is 15.2. The number of aryl methyl sites for hydroxylation is 2. The maximum absolute atomic E-state index is 12.8. The predicted molar refractivity (Wildman–Crippen MR) is 86.5 cm³/mol. The molecule has 2 heterocycles. The van der Waals surface area contributed by atoms with E-state index in [4.69, 9.17) is 4.74 Å². The zero-order chi connectivity index (χ0) is 15.9. The number of rotatable bonds is 4. The van der Waals surface area contributed by atoms with Gasteiger partial charge < -0.3 is 4.74 Å². The Balaban J connectivity index is 1.99. The number of hydrogen-bond acceptors (Lipinski definition) is 5. The molecule has 0 saturated carbocycles. The van der Waals surface area contributed by atoms with Crippen molar-refractivity contribution in [3.8, 4) is 0 Å². The van der Waals surface area contributed by atoms with E-state index < -0.39 is 6.04 Å². The van der Waals surface area contributed by atoms with Crippen molar-refractivity contribution in [1.29, 1.82) is 0 Å². The fourth-order valence-corrected chi connectivity index (χ4v) is 3.99. The van der Waals surface area contributed by atoms with Crippen LogP contribution in [-0.2, 0) is 22.4 Å². The van der Waals surface area contributed by atoms with Gasteiger partial charge >= 0.3 is 5.97 Å². The van der Waals surface area contributed by atoms with E-state index in [0.717, 1.165) is 36.1 Å². The van der Waals surface area contributed by atoms with E-state index in [0.29, 0.717) is 5.39 Å². The molecule has 2 aromatic rings. The van der Waals surface area contributed by atoms with Crippen LogP contribution < -0.4 is 5.56 Å². The largest absolute Gasteiger partial charge is 0.461 e. The summed E-state index contributed by atoms with van der Waals surface area (Å²) in [5.74, 6) is -0.385. The van der Waals surface area contributed by atoms with Crippen LogP contribution in [0.2, 0.25) is 0 Å². The van der Waals surface area contributed by atoms with Crippen LogP contribution in [0.1, 0.15) is 50.1 Å². The number of nitrogens with zero attached hydrogens (tertiary/aromatic N) is 2. The van der Waals surface area contributed by atoms with Gasteiger partial charge in [0.1, 0.15) is 10.9 Å². The minimum atomic E-state index is -0.657. The number of aromatic nitrogens is 2. The Morgan fingerprint density at radius 3 is 2.95 bits per heavy atom. The van der Waals surface area contributed by atoms with Gasteiger partial charge in [0.05, 0.1) is 17.8 Å². The third-order valence-electron chi connectivity index (χ3n) is 4.30. The molecule has 0 spiro atoms. The molecule has 2 atom stereocenters. The van der Waals surface area contributed by atoms with Crippen molar-refractivity contribution in [3.63, 3.8) is 0 Å². The summed E-state index contributed by atoms with van der Waals surface area (Å²) in [4.78, 5) is 31.4. The van der Waals surface area contributed by atoms with Crippen LogP contribution in [0, 0.1) is 0 Å². The highest BCUT2D eigenvalue weighted by atomic mass is 32.1. The van der Waals surface area contributed by atoms with Crippen molar-refractivity contribution in [3.05, 3.63) is 27.1 Å². The van der Waals surface area contributed by atoms with Crippen molar-refractivity contribution >= 4 is 27.5 Å². The minimum Gasteiger partial charge on any atom is -0.461 e. The molecule has 118 valence electrons. The molecule has 0 N–H and O–H groups in total. The van der Waals surface area contributed by atoms with Gasteiger partial charge in [-0.1, -0.05) is 6.92 Å². The number of thiophene rings is 1. The van der Waals surface area contributed by atoms with Gasteiger partial charge in [0, 0.05) is 4.88 Å². The zero-order valence-electron chi connectivity index (χ0n) is 13.1. The molecule has 0 saturated heterocycles. The molecule has 22 heavy (non-hydrogen) atoms. The number of ether oxygens (including phenoxy) is 1. The van der Waals surface area contributed by atoms with E-state index in [-0.39, 0.29) is 17.6 Å². The Hall–Kier alpha value is -1.69. The maximum atomic E-state index is 12.8. The summed E-state index contributed by atoms with van der Waals surface area (Å²) in [6.45, 7) is 5.49. The number of carbonyl (C=O) groups is 1. The van der Waals surface area contributed by atoms with E-state index in [2.05, 4.69) is 4.98 Å². The first-order valence-electron chi connectivity index (χ1n) is 7.74. The zero-order valence-corrected chi connectivity index (χ0v) is 13.9. The summed E-state index contributed by atoms with van der Waals surface area (Å²) in [6, 6.07) is -0.657. The third kappa shape index (κ3) is 2.45. The van der Waals surface area contributed by atoms with E-state index in [9.17, 15) is 9.59 Å². The molecule has 0 aliphatic heterocycles. The monoisotopic (exact) mass is 320 g/mol. The normalized spacial score (nSPS) is 16.5. The Morgan fingerprint density at radius 1 is 1.45 bits per heavy atom. The molecule has 0 aromatic carbocycles. The van der Waals surface area contributed by atoms with Gasteiger partial charge in [-0.2, -0.15) is 0 Å². The molecule has 5 nitrogen and oxygen atoms in total. The lowest BCUT2D eigenvalue weighted by Gasteiger charge is -2.17. The summed E-state index contributed by atoms with van der Waals surface area (Å²) in [6.07, 6.45) is 5.13. The molecule has 1 aliphatic rings. The summed E-state index contributed by atoms with van der Waals surface area (Å²) >= 11 is 1.60. The molecular weight excluding hydrogens is 300 g/mol. The van der Waals surface area contributed by atoms with Crippen molar-refractivity contribution in [2.45, 2.75) is 58.6 Å². The quantitative estimate of drug-likeness (QED) is 0.813. The highest BCUT2D eigenvalue weighted by Crippen LogP contribution is 2.34. The fourth-order valence-electron chi connectivity index (χ4n) is 2.77. The van der Waals surface area contributed by atoms with Crippen LogP contribution in [0.15, 0.2) is 11.1 Å². The molecular formula is C16H20N2O3S. The minimum absolute atomic E-state index is 0.127. The maximum Gasteiger partial charge on any atom is 0.329 e. The van der Waals surface area contributed by atoms with Gasteiger partial charge in [0.25, 0.3) is 5.56 Å². The van der Waals surface area contributed by atoms with E-state index in [1.807, 2.05) is 13.8 Å². The second-order valence-electron chi connectivity index (χ2n) is 5.83. The molecule has 0 fully saturated rings. The lowest BCUT2D eigenvalue weighted by atomic mass is 10.2. The second-order valence-corrected chi connectivity index (χ2v) is 6.91. The first-order valence-corrected chi connectivity index (χ1v) is 8.56. The number of fused-ring (bicyclic) bond motifs is 3. The van der Waals surface area contributed by atoms with E-state index in [1.165, 1.54) is 15.8 Å². The van der Waals surface area contributed by atoms with E-state index >= 15 is 0 Å². The topological polar surface area (TPSA) is 61.2 Å². The molecule has 0 radical (unpaired) electrons. The standard InChI is InChI=1S/C16H20N2O3S/c1-4-9(2)21-16(20)10(3)18-8-17-14-13(15(18)19)11-6-5-7-12(11)22-14/h8-10H,4-7H2,1-3H3/t9-,10+/m0/s1. The number of carbonyl (C=O) groups excluding carboxylic acids is 1. The van der Waals surface area contributed by atoms with Crippen LogP contribution in [0.25, 0.3) is 10.2 Å². The van der Waals surface area contributed by atoms with Crippen molar-refractivity contribution < 1.29 is 9.53 Å². The van der Waals surface area contributed by atoms with Crippen LogP contribution in [0.3, 0.4) is 0 Å². The summed E-state index contributed by atoms with van der Waals surface area (Å²) < 4.78 is 6.73. The third-order valence-corrected chi connectivity index (χ3v) is 5.50. The van der Waals surface area contributed by atoms with Crippen LogP contribution in [-0.4, -0.2) is 21.6 Å². The first-order chi connectivity index (χ1) is 10.5. The Bertz CT molecular complexity index is 778. The average Bonchev–Trinajstić information content (AvgIpc) is 3.07. The van der Waals surface area contributed by atoms with Crippen LogP contribution in [0.4, 0.5) is 0 Å². The molecule has 3 rings (SSSR count). The average molecular weight is 320 g/mol. The van der Waals surface area contributed by atoms with Gasteiger partial charge in [-0.25, -0.2) is 9.78 Å². The Kier molecular flexibility index (Phi) is 4.04. The number of esters is 1. The smallest absolute Gasteiger partial charge is 0.329 e. The number of hydrogen-bond donors (Lipinski definition) is 0. The molecule has 0 bridgehead atoms. The van der Waals surface area contributed by atoms with Crippen molar-refractivity contribution in [1.82, 2.24) is 9.55 Å². The van der Waals surface area contributed by atoms with Crippen molar-refractivity contribution in [2.24, 2.45) is 0 Å². The SMILES string of the molecule is CC[C@H](C)OC(=O)[C@@H](C)n1cnc2sc3c(c2c1=O)CCC3.